The lowest BCUT2D eigenvalue weighted by atomic mass is 9.61. The van der Waals surface area contributed by atoms with Gasteiger partial charge in [0.15, 0.2) is 17.1 Å². The fraction of sp³-hybridized carbons (Fsp3) is 0.359. The van der Waals surface area contributed by atoms with E-state index in [0.29, 0.717) is 0 Å². The van der Waals surface area contributed by atoms with Gasteiger partial charge in [0.1, 0.15) is 25.4 Å². The van der Waals surface area contributed by atoms with Gasteiger partial charge in [-0.3, -0.25) is 33.7 Å². The first kappa shape index (κ1) is 46.7. The van der Waals surface area contributed by atoms with Crippen molar-refractivity contribution in [1.29, 1.82) is 0 Å². The van der Waals surface area contributed by atoms with Crippen molar-refractivity contribution in [2.45, 2.75) is 38.7 Å². The third-order valence-electron chi connectivity index (χ3n) is 9.54. The number of hydrogen-bond donors (Lipinski definition) is 4. The number of esters is 3. The van der Waals surface area contributed by atoms with E-state index >= 15 is 0 Å². The van der Waals surface area contributed by atoms with E-state index in [1.165, 1.54) is 24.3 Å². The van der Waals surface area contributed by atoms with Gasteiger partial charge >= 0.3 is 41.8 Å². The largest absolute Gasteiger partial charge is 0.489 e. The molecule has 326 valence electrons. The highest BCUT2D eigenvalue weighted by Gasteiger charge is 2.58. The van der Waals surface area contributed by atoms with Crippen molar-refractivity contribution in [3.63, 3.8) is 0 Å². The lowest BCUT2D eigenvalue weighted by Crippen LogP contribution is -2.42. The van der Waals surface area contributed by atoms with Gasteiger partial charge in [-0.05, 0) is 35.4 Å². The summed E-state index contributed by atoms with van der Waals surface area (Å²) in [7, 11) is 0. The van der Waals surface area contributed by atoms with Crippen LogP contribution in [-0.4, -0.2) is 120 Å². The number of carboxylic acid groups (broad SMARTS) is 4. The number of halogens is 4. The van der Waals surface area contributed by atoms with Gasteiger partial charge in [0.25, 0.3) is 0 Å². The molecule has 0 amide bonds. The number of carbonyl (C=O) groups excluding carboxylic acids is 3. The zero-order chi connectivity index (χ0) is 45.3. The molecule has 0 unspecified atom stereocenters. The standard InChI is InChI=1S/C39H36Cl4N2O16/c1-17(46)59-35-23(40)10-21-31(33(35)42)38(3,4)32-22(11-24(41)36(34(32)43)60-18(2)47)39(21)20-12-26(58-8-7-57-6-5-44(13-27(48)49)14-28(50)51)25(9-19(20)37(56)61-39)45(15-29(52)53)16-30(54)55/h9-12H,5-8,13-16H2,1-4H3,(H,48,49)(H,50,51)(H,52,53)(H,54,55). The van der Waals surface area contributed by atoms with Crippen LogP contribution in [0.5, 0.6) is 17.2 Å². The molecule has 0 atom stereocenters. The molecule has 1 heterocycles. The minimum atomic E-state index is -2.08. The Labute approximate surface area is 366 Å². The van der Waals surface area contributed by atoms with Gasteiger partial charge in [-0.2, -0.15) is 0 Å². The Hall–Kier alpha value is -5.37. The van der Waals surface area contributed by atoms with Crippen LogP contribution in [0.15, 0.2) is 24.3 Å². The molecule has 1 aliphatic carbocycles. The molecule has 5 rings (SSSR count). The molecule has 0 fully saturated rings. The van der Waals surface area contributed by atoms with Crippen LogP contribution in [0.4, 0.5) is 5.69 Å². The maximum atomic E-state index is 14.3. The fourth-order valence-electron chi connectivity index (χ4n) is 7.42. The highest BCUT2D eigenvalue weighted by molar-refractivity contribution is 6.39. The second-order valence-electron chi connectivity index (χ2n) is 14.2. The average Bonchev–Trinajstić information content (AvgIpc) is 3.41. The molecular weight excluding hydrogens is 894 g/mol. The predicted octanol–water partition coefficient (Wildman–Crippen LogP) is 5.09. The van der Waals surface area contributed by atoms with E-state index in [2.05, 4.69) is 0 Å². The molecule has 2 aliphatic rings. The van der Waals surface area contributed by atoms with Crippen LogP contribution in [0.2, 0.25) is 20.1 Å². The second kappa shape index (κ2) is 18.3. The van der Waals surface area contributed by atoms with E-state index < -0.39 is 79.0 Å². The molecule has 0 aromatic heterocycles. The zero-order valence-electron chi connectivity index (χ0n) is 32.6. The normalized spacial score (nSPS) is 14.1. The summed E-state index contributed by atoms with van der Waals surface area (Å²) in [6.07, 6.45) is 0. The monoisotopic (exact) mass is 928 g/mol. The van der Waals surface area contributed by atoms with E-state index in [-0.39, 0.29) is 103 Å². The molecule has 3 aromatic rings. The van der Waals surface area contributed by atoms with Crippen molar-refractivity contribution in [1.82, 2.24) is 4.90 Å². The van der Waals surface area contributed by atoms with Gasteiger partial charge in [-0.1, -0.05) is 60.3 Å². The van der Waals surface area contributed by atoms with Crippen molar-refractivity contribution in [3.8, 4) is 17.2 Å². The van der Waals surface area contributed by atoms with Crippen molar-refractivity contribution in [3.05, 3.63) is 77.7 Å². The Kier molecular flexibility index (Phi) is 14.0. The van der Waals surface area contributed by atoms with Crippen LogP contribution in [0.1, 0.15) is 65.9 Å². The highest BCUT2D eigenvalue weighted by Crippen LogP contribution is 2.63. The molecule has 0 saturated carbocycles. The van der Waals surface area contributed by atoms with E-state index in [4.69, 9.17) is 80.3 Å². The quantitative estimate of drug-likeness (QED) is 0.0736. The van der Waals surface area contributed by atoms with Gasteiger partial charge in [-0.25, -0.2) is 4.79 Å². The number of rotatable bonds is 18. The second-order valence-corrected chi connectivity index (χ2v) is 15.8. The number of hydrogen-bond acceptors (Lipinski definition) is 14. The van der Waals surface area contributed by atoms with Crippen molar-refractivity contribution >= 4 is 93.9 Å². The van der Waals surface area contributed by atoms with Crippen LogP contribution < -0.4 is 19.1 Å². The van der Waals surface area contributed by atoms with Crippen LogP contribution >= 0.6 is 46.4 Å². The number of carbonyl (C=O) groups is 7. The number of ether oxygens (including phenoxy) is 5. The zero-order valence-corrected chi connectivity index (χ0v) is 35.6. The molecule has 3 aromatic carbocycles. The Morgan fingerprint density at radius 2 is 1.15 bits per heavy atom. The lowest BCUT2D eigenvalue weighted by Gasteiger charge is -2.45. The van der Waals surface area contributed by atoms with Crippen LogP contribution in [0.3, 0.4) is 0 Å². The first-order valence-corrected chi connectivity index (χ1v) is 19.4. The Morgan fingerprint density at radius 1 is 0.672 bits per heavy atom. The number of aliphatic carboxylic acids is 4. The third kappa shape index (κ3) is 9.44. The maximum Gasteiger partial charge on any atom is 0.340 e. The number of fused-ring (bicyclic) bond motifs is 6. The van der Waals surface area contributed by atoms with Crippen molar-refractivity contribution in [2.75, 3.05) is 57.4 Å². The molecule has 0 bridgehead atoms. The van der Waals surface area contributed by atoms with Crippen LogP contribution in [0, 0.1) is 0 Å². The predicted molar refractivity (Wildman–Crippen MR) is 215 cm³/mol. The summed E-state index contributed by atoms with van der Waals surface area (Å²) in [6.45, 7) is 2.07. The Balaban J connectivity index is 1.75. The molecule has 18 nitrogen and oxygen atoms in total. The number of anilines is 1. The minimum Gasteiger partial charge on any atom is -0.489 e. The molecule has 0 saturated heterocycles. The summed E-state index contributed by atoms with van der Waals surface area (Å²) in [5.74, 6) is -8.53. The van der Waals surface area contributed by atoms with Crippen LogP contribution in [-0.2, 0) is 49.3 Å². The molecule has 4 N–H and O–H groups in total. The summed E-state index contributed by atoms with van der Waals surface area (Å²) < 4.78 is 28.9. The SMILES string of the molecule is CC(=O)Oc1c(Cl)cc2c(c1Cl)C(C)(C)c1c(cc(Cl)c(OC(C)=O)c1Cl)C21OC(=O)c2cc(N(CC(=O)O)CC(=O)O)c(OCCOCCN(CC(=O)O)CC(=O)O)cc21. The van der Waals surface area contributed by atoms with E-state index in [1.54, 1.807) is 13.8 Å². The van der Waals surface area contributed by atoms with Gasteiger partial charge in [-0.15, -0.1) is 0 Å². The smallest absolute Gasteiger partial charge is 0.340 e. The van der Waals surface area contributed by atoms with Gasteiger partial charge in [0.05, 0.1) is 57.6 Å². The summed E-state index contributed by atoms with van der Waals surface area (Å²) >= 11 is 27.6. The fourth-order valence-corrected chi connectivity index (χ4v) is 8.96. The number of carboxylic acids is 4. The summed E-state index contributed by atoms with van der Waals surface area (Å²) in [4.78, 5) is 87.1. The maximum absolute atomic E-state index is 14.3. The van der Waals surface area contributed by atoms with E-state index in [0.717, 1.165) is 23.6 Å². The Morgan fingerprint density at radius 3 is 1.59 bits per heavy atom. The minimum absolute atomic E-state index is 0.0264. The number of nitrogens with zero attached hydrogens (tertiary/aromatic N) is 2. The van der Waals surface area contributed by atoms with Gasteiger partial charge in [0, 0.05) is 42.5 Å². The molecule has 1 spiro atoms. The summed E-state index contributed by atoms with van der Waals surface area (Å²) in [5.41, 5.74) is -3.04. The van der Waals surface area contributed by atoms with Crippen molar-refractivity contribution < 1.29 is 77.7 Å². The van der Waals surface area contributed by atoms with E-state index in [1.807, 2.05) is 0 Å². The molecular formula is C39H36Cl4N2O16. The Bertz CT molecular complexity index is 2250. The lowest BCUT2D eigenvalue weighted by molar-refractivity contribution is -0.142. The molecule has 0 radical (unpaired) electrons. The first-order valence-electron chi connectivity index (χ1n) is 17.9. The van der Waals surface area contributed by atoms with E-state index in [9.17, 15) is 43.8 Å². The van der Waals surface area contributed by atoms with Crippen LogP contribution in [0.25, 0.3) is 0 Å². The summed E-state index contributed by atoms with van der Waals surface area (Å²) in [5, 5.41) is 37.1. The molecule has 22 heteroatoms. The number of benzene rings is 3. The van der Waals surface area contributed by atoms with Gasteiger partial charge in [0.2, 0.25) is 0 Å². The summed E-state index contributed by atoms with van der Waals surface area (Å²) in [6, 6.07) is 5.26. The van der Waals surface area contributed by atoms with Gasteiger partial charge < -0.3 is 49.0 Å². The first-order chi connectivity index (χ1) is 28.5. The topological polar surface area (TPSA) is 253 Å². The highest BCUT2D eigenvalue weighted by atomic mass is 35.5. The third-order valence-corrected chi connectivity index (χ3v) is 10.8. The molecule has 1 aliphatic heterocycles. The van der Waals surface area contributed by atoms with Crippen molar-refractivity contribution in [2.24, 2.45) is 0 Å². The average molecular weight is 931 g/mol. The molecule has 61 heavy (non-hydrogen) atoms.